The van der Waals surface area contributed by atoms with Crippen LogP contribution in [0.2, 0.25) is 0 Å². The molecule has 1 fully saturated rings. The first kappa shape index (κ1) is 26.7. The normalized spacial score (nSPS) is 16.6. The number of ketones is 1. The van der Waals surface area contributed by atoms with E-state index in [9.17, 15) is 14.7 Å². The lowest BCUT2D eigenvalue weighted by molar-refractivity contribution is 0.0562. The number of furan rings is 1. The summed E-state index contributed by atoms with van der Waals surface area (Å²) in [5.74, 6) is 0.475. The summed E-state index contributed by atoms with van der Waals surface area (Å²) in [6.07, 6.45) is 1.22. The fourth-order valence-corrected chi connectivity index (χ4v) is 5.35. The van der Waals surface area contributed by atoms with Crippen LogP contribution >= 0.6 is 0 Å². The zero-order chi connectivity index (χ0) is 27.7. The van der Waals surface area contributed by atoms with Crippen LogP contribution in [-0.2, 0) is 0 Å². The van der Waals surface area contributed by atoms with Crippen molar-refractivity contribution in [3.8, 4) is 22.5 Å². The maximum atomic E-state index is 13.3. The van der Waals surface area contributed by atoms with Crippen LogP contribution in [-0.4, -0.2) is 42.0 Å². The minimum absolute atomic E-state index is 0.00693. The highest BCUT2D eigenvalue weighted by atomic mass is 16.3. The number of rotatable bonds is 9. The second-order valence-corrected chi connectivity index (χ2v) is 10.4. The van der Waals surface area contributed by atoms with Crippen LogP contribution < -0.4 is 10.2 Å². The fraction of sp³-hybridized carbons (Fsp3) is 0.333. The molecule has 0 bridgehead atoms. The number of carbonyl (C=O) groups is 2. The van der Waals surface area contributed by atoms with Gasteiger partial charge in [0.25, 0.3) is 5.91 Å². The van der Waals surface area contributed by atoms with Crippen molar-refractivity contribution < 1.29 is 19.1 Å². The van der Waals surface area contributed by atoms with Crippen molar-refractivity contribution in [2.24, 2.45) is 0 Å². The average molecular weight is 525 g/mol. The van der Waals surface area contributed by atoms with Crippen LogP contribution in [0.5, 0.6) is 0 Å². The summed E-state index contributed by atoms with van der Waals surface area (Å²) in [4.78, 5) is 28.5. The second-order valence-electron chi connectivity index (χ2n) is 10.4. The van der Waals surface area contributed by atoms with E-state index in [1.807, 2.05) is 74.5 Å². The third-order valence-electron chi connectivity index (χ3n) is 7.71. The predicted molar refractivity (Wildman–Crippen MR) is 157 cm³/mol. The number of fused-ring (bicyclic) bond motifs is 1. The van der Waals surface area contributed by atoms with Crippen LogP contribution in [0.4, 0.5) is 5.69 Å². The van der Waals surface area contributed by atoms with Gasteiger partial charge in [-0.25, -0.2) is 0 Å². The molecule has 1 aromatic heterocycles. The number of carbonyl (C=O) groups excluding carboxylic acids is 2. The summed E-state index contributed by atoms with van der Waals surface area (Å²) in [7, 11) is 0. The third kappa shape index (κ3) is 5.21. The van der Waals surface area contributed by atoms with Crippen molar-refractivity contribution >= 4 is 28.3 Å². The Balaban J connectivity index is 1.67. The summed E-state index contributed by atoms with van der Waals surface area (Å²) >= 11 is 0. The third-order valence-corrected chi connectivity index (χ3v) is 7.71. The van der Waals surface area contributed by atoms with Crippen molar-refractivity contribution in [2.75, 3.05) is 18.0 Å². The summed E-state index contributed by atoms with van der Waals surface area (Å²) < 4.78 is 6.42. The molecule has 0 spiro atoms. The van der Waals surface area contributed by atoms with E-state index in [1.165, 1.54) is 0 Å². The fourth-order valence-electron chi connectivity index (χ4n) is 5.35. The Morgan fingerprint density at radius 3 is 2.33 bits per heavy atom. The van der Waals surface area contributed by atoms with E-state index < -0.39 is 0 Å². The summed E-state index contributed by atoms with van der Waals surface area (Å²) in [6.45, 7) is 9.72. The van der Waals surface area contributed by atoms with Crippen LogP contribution in [0.3, 0.4) is 0 Å². The van der Waals surface area contributed by atoms with Gasteiger partial charge in [-0.3, -0.25) is 9.59 Å². The van der Waals surface area contributed by atoms with E-state index in [0.29, 0.717) is 41.7 Å². The van der Waals surface area contributed by atoms with Gasteiger partial charge in [-0.2, -0.15) is 0 Å². The van der Waals surface area contributed by atoms with Gasteiger partial charge in [0.1, 0.15) is 11.3 Å². The maximum absolute atomic E-state index is 13.3. The average Bonchev–Trinajstić information content (AvgIpc) is 3.31. The molecule has 1 aliphatic carbocycles. The molecule has 1 saturated carbocycles. The lowest BCUT2D eigenvalue weighted by atomic mass is 9.89. The van der Waals surface area contributed by atoms with Gasteiger partial charge >= 0.3 is 0 Å². The number of Topliss-reactive ketones (excluding diaryl/α,β-unsaturated/α-hetero) is 1. The van der Waals surface area contributed by atoms with E-state index >= 15 is 0 Å². The van der Waals surface area contributed by atoms with Crippen molar-refractivity contribution in [3.05, 3.63) is 77.4 Å². The molecule has 0 atom stereocenters. The molecule has 3 aromatic carbocycles. The summed E-state index contributed by atoms with van der Waals surface area (Å²) in [5, 5.41) is 13.4. The Kier molecular flexibility index (Phi) is 7.58. The number of hydrogen-bond donors (Lipinski definition) is 2. The first-order valence-corrected chi connectivity index (χ1v) is 13.9. The molecule has 202 valence electrons. The first-order valence-electron chi connectivity index (χ1n) is 13.9. The lowest BCUT2D eigenvalue weighted by Crippen LogP contribution is -2.46. The molecule has 0 unspecified atom stereocenters. The molecule has 6 nitrogen and oxygen atoms in total. The standard InChI is InChI=1S/C33H36N2O4/c1-5-29(37)31-27-18-26(22-9-8-10-23(15-22)33(38)34-24-16-25(36)17-24)28(35(6-2)7-3)19-30(27)39-32(31)21-13-11-20(4)12-14-21/h8-15,18-19,24-25,36H,5-7,16-17H2,1-4H3,(H,34,38). The quantitative estimate of drug-likeness (QED) is 0.236. The van der Waals surface area contributed by atoms with Gasteiger partial charge in [0, 0.05) is 59.4 Å². The van der Waals surface area contributed by atoms with Crippen molar-refractivity contribution in [1.82, 2.24) is 5.32 Å². The summed E-state index contributed by atoms with van der Waals surface area (Å²) in [5.41, 5.74) is 6.69. The number of aliphatic hydroxyl groups excluding tert-OH is 1. The minimum Gasteiger partial charge on any atom is -0.455 e. The number of anilines is 1. The molecule has 0 radical (unpaired) electrons. The monoisotopic (exact) mass is 524 g/mol. The molecule has 1 heterocycles. The Morgan fingerprint density at radius 2 is 1.69 bits per heavy atom. The molecular weight excluding hydrogens is 488 g/mol. The molecule has 1 amide bonds. The Bertz CT molecular complexity index is 1510. The topological polar surface area (TPSA) is 82.8 Å². The molecular formula is C33H36N2O4. The second kappa shape index (κ2) is 11.1. The Hall–Kier alpha value is -3.90. The van der Waals surface area contributed by atoms with Gasteiger partial charge < -0.3 is 19.7 Å². The summed E-state index contributed by atoms with van der Waals surface area (Å²) in [6, 6.07) is 19.7. The predicted octanol–water partition coefficient (Wildman–Crippen LogP) is 6.77. The number of nitrogens with one attached hydrogen (secondary N) is 1. The molecule has 2 N–H and O–H groups in total. The molecule has 0 aliphatic heterocycles. The van der Waals surface area contributed by atoms with Crippen molar-refractivity contribution in [3.63, 3.8) is 0 Å². The van der Waals surface area contributed by atoms with Gasteiger partial charge in [0.2, 0.25) is 0 Å². The van der Waals surface area contributed by atoms with Crippen LogP contribution in [0, 0.1) is 6.92 Å². The zero-order valence-corrected chi connectivity index (χ0v) is 23.1. The highest BCUT2D eigenvalue weighted by molar-refractivity contribution is 6.13. The van der Waals surface area contributed by atoms with E-state index in [2.05, 4.69) is 24.1 Å². The van der Waals surface area contributed by atoms with Gasteiger partial charge in [-0.15, -0.1) is 0 Å². The number of hydrogen-bond acceptors (Lipinski definition) is 5. The molecule has 6 heteroatoms. The maximum Gasteiger partial charge on any atom is 0.251 e. The van der Waals surface area contributed by atoms with Gasteiger partial charge in [-0.1, -0.05) is 48.9 Å². The number of amides is 1. The largest absolute Gasteiger partial charge is 0.455 e. The highest BCUT2D eigenvalue weighted by Crippen LogP contribution is 2.41. The Labute approximate surface area is 229 Å². The number of nitrogens with zero attached hydrogens (tertiary/aromatic N) is 1. The van der Waals surface area contributed by atoms with E-state index in [4.69, 9.17) is 4.42 Å². The number of aryl methyl sites for hydroxylation is 1. The Morgan fingerprint density at radius 1 is 0.974 bits per heavy atom. The van der Waals surface area contributed by atoms with Gasteiger partial charge in [0.15, 0.2) is 5.78 Å². The lowest BCUT2D eigenvalue weighted by Gasteiger charge is -2.32. The van der Waals surface area contributed by atoms with E-state index in [-0.39, 0.29) is 23.8 Å². The van der Waals surface area contributed by atoms with Gasteiger partial charge in [0.05, 0.1) is 11.7 Å². The molecule has 1 aliphatic rings. The molecule has 39 heavy (non-hydrogen) atoms. The van der Waals surface area contributed by atoms with E-state index in [0.717, 1.165) is 46.4 Å². The molecule has 0 saturated heterocycles. The number of benzene rings is 3. The van der Waals surface area contributed by atoms with Gasteiger partial charge in [-0.05, 0) is 57.4 Å². The van der Waals surface area contributed by atoms with Crippen molar-refractivity contribution in [2.45, 2.75) is 59.1 Å². The zero-order valence-electron chi connectivity index (χ0n) is 23.1. The van der Waals surface area contributed by atoms with Crippen LogP contribution in [0.1, 0.15) is 66.3 Å². The highest BCUT2D eigenvalue weighted by Gasteiger charge is 2.29. The van der Waals surface area contributed by atoms with Crippen LogP contribution in [0.25, 0.3) is 33.4 Å². The molecule has 4 aromatic rings. The SMILES string of the molecule is CCC(=O)c1c(-c2ccc(C)cc2)oc2cc(N(CC)CC)c(-c3cccc(C(=O)NC4CC(O)C4)c3)cc12. The smallest absolute Gasteiger partial charge is 0.251 e. The molecule has 5 rings (SSSR count). The van der Waals surface area contributed by atoms with Crippen molar-refractivity contribution in [1.29, 1.82) is 0 Å². The first-order chi connectivity index (χ1) is 18.8. The van der Waals surface area contributed by atoms with E-state index in [1.54, 1.807) is 0 Å². The minimum atomic E-state index is -0.329. The number of aliphatic hydroxyl groups is 1. The van der Waals surface area contributed by atoms with Crippen LogP contribution in [0.15, 0.2) is 65.1 Å².